The predicted octanol–water partition coefficient (Wildman–Crippen LogP) is 3.73. The summed E-state index contributed by atoms with van der Waals surface area (Å²) >= 11 is 0. The molecular weight excluding hydrogens is 334 g/mol. The number of benzene rings is 2. The van der Waals surface area contributed by atoms with Crippen molar-refractivity contribution in [2.45, 2.75) is 6.17 Å². The van der Waals surface area contributed by atoms with Crippen LogP contribution in [0.4, 0.5) is 11.4 Å². The maximum Gasteiger partial charge on any atom is 0.269 e. The Labute approximate surface area is 149 Å². The van der Waals surface area contributed by atoms with Gasteiger partial charge in [-0.3, -0.25) is 14.9 Å². The van der Waals surface area contributed by atoms with Gasteiger partial charge < -0.3 is 14.6 Å². The predicted molar refractivity (Wildman–Crippen MR) is 95.9 cm³/mol. The number of non-ortho nitro benzene ring substituents is 1. The molecule has 2 heterocycles. The number of nitrogens with zero attached hydrogens (tertiary/aromatic N) is 2. The molecule has 0 spiro atoms. The van der Waals surface area contributed by atoms with Crippen LogP contribution in [0.2, 0.25) is 0 Å². The fraction of sp³-hybridized carbons (Fsp3) is 0.105. The van der Waals surface area contributed by atoms with Crippen molar-refractivity contribution in [1.82, 2.24) is 5.32 Å². The monoisotopic (exact) mass is 349 g/mol. The second-order valence-electron chi connectivity index (χ2n) is 6.01. The van der Waals surface area contributed by atoms with Gasteiger partial charge in [0.2, 0.25) is 0 Å². The van der Waals surface area contributed by atoms with Gasteiger partial charge in [-0.05, 0) is 36.4 Å². The highest BCUT2D eigenvalue weighted by Crippen LogP contribution is 2.34. The second-order valence-corrected chi connectivity index (χ2v) is 6.01. The van der Waals surface area contributed by atoms with Gasteiger partial charge in [0.05, 0.1) is 16.2 Å². The van der Waals surface area contributed by atoms with Gasteiger partial charge in [0.1, 0.15) is 11.5 Å². The number of hydrogen-bond donors (Lipinski definition) is 1. The summed E-state index contributed by atoms with van der Waals surface area (Å²) in [6.07, 6.45) is -0.427. The first kappa shape index (κ1) is 15.9. The van der Waals surface area contributed by atoms with Gasteiger partial charge in [0, 0.05) is 24.7 Å². The highest BCUT2D eigenvalue weighted by atomic mass is 16.6. The maximum absolute atomic E-state index is 12.3. The largest absolute Gasteiger partial charge is 0.457 e. The highest BCUT2D eigenvalue weighted by Gasteiger charge is 2.31. The van der Waals surface area contributed by atoms with Crippen LogP contribution in [0.3, 0.4) is 0 Å². The first-order valence-corrected chi connectivity index (χ1v) is 8.02. The zero-order valence-corrected chi connectivity index (χ0v) is 13.9. The molecule has 0 fully saturated rings. The molecule has 2 aromatic carbocycles. The van der Waals surface area contributed by atoms with Crippen LogP contribution in [-0.2, 0) is 0 Å². The maximum atomic E-state index is 12.3. The molecule has 0 saturated carbocycles. The molecule has 1 aromatic heterocycles. The van der Waals surface area contributed by atoms with Crippen LogP contribution in [0.5, 0.6) is 0 Å². The number of para-hydroxylation sites is 1. The molecule has 1 amide bonds. The van der Waals surface area contributed by atoms with Gasteiger partial charge in [-0.1, -0.05) is 12.1 Å². The smallest absolute Gasteiger partial charge is 0.269 e. The minimum Gasteiger partial charge on any atom is -0.457 e. The van der Waals surface area contributed by atoms with Gasteiger partial charge in [-0.15, -0.1) is 0 Å². The number of carbonyl (C=O) groups is 1. The number of nitrogens with one attached hydrogen (secondary N) is 1. The third-order valence-corrected chi connectivity index (χ3v) is 4.44. The van der Waals surface area contributed by atoms with Gasteiger partial charge in [-0.2, -0.15) is 0 Å². The summed E-state index contributed by atoms with van der Waals surface area (Å²) in [5, 5.41) is 13.7. The summed E-state index contributed by atoms with van der Waals surface area (Å²) in [4.78, 5) is 24.6. The lowest BCUT2D eigenvalue weighted by Gasteiger charge is -2.34. The quantitative estimate of drug-likeness (QED) is 0.575. The normalized spacial score (nSPS) is 16.1. The molecule has 3 aromatic rings. The summed E-state index contributed by atoms with van der Waals surface area (Å²) in [6.45, 7) is 0. The molecule has 0 aliphatic carbocycles. The van der Waals surface area contributed by atoms with E-state index in [0.29, 0.717) is 17.1 Å². The Hall–Kier alpha value is -3.61. The fourth-order valence-corrected chi connectivity index (χ4v) is 3.08. The number of anilines is 1. The van der Waals surface area contributed by atoms with Crippen LogP contribution in [0.1, 0.15) is 22.3 Å². The Morgan fingerprint density at radius 2 is 1.81 bits per heavy atom. The van der Waals surface area contributed by atoms with E-state index in [1.165, 1.54) is 12.1 Å². The summed E-state index contributed by atoms with van der Waals surface area (Å²) in [5.74, 6) is 1.01. The summed E-state index contributed by atoms with van der Waals surface area (Å²) in [5.41, 5.74) is 2.20. The molecule has 26 heavy (non-hydrogen) atoms. The van der Waals surface area contributed by atoms with E-state index in [1.807, 2.05) is 30.1 Å². The first-order chi connectivity index (χ1) is 12.5. The van der Waals surface area contributed by atoms with Crippen molar-refractivity contribution in [2.24, 2.45) is 0 Å². The molecule has 7 nitrogen and oxygen atoms in total. The van der Waals surface area contributed by atoms with E-state index >= 15 is 0 Å². The molecule has 1 atom stereocenters. The average Bonchev–Trinajstić information content (AvgIpc) is 3.15. The zero-order valence-electron chi connectivity index (χ0n) is 13.9. The van der Waals surface area contributed by atoms with Gasteiger partial charge in [-0.25, -0.2) is 0 Å². The zero-order chi connectivity index (χ0) is 18.3. The van der Waals surface area contributed by atoms with E-state index in [1.54, 1.807) is 30.3 Å². The van der Waals surface area contributed by atoms with Gasteiger partial charge in [0.15, 0.2) is 6.17 Å². The Bertz CT molecular complexity index is 994. The number of rotatable bonds is 3. The topological polar surface area (TPSA) is 88.6 Å². The number of carbonyl (C=O) groups excluding carboxylic acids is 1. The molecule has 1 N–H and O–H groups in total. The third-order valence-electron chi connectivity index (χ3n) is 4.44. The minimum atomic E-state index is -0.443. The lowest BCUT2D eigenvalue weighted by molar-refractivity contribution is -0.384. The van der Waals surface area contributed by atoms with E-state index in [9.17, 15) is 14.9 Å². The number of furan rings is 1. The van der Waals surface area contributed by atoms with Crippen LogP contribution >= 0.6 is 0 Å². The summed E-state index contributed by atoms with van der Waals surface area (Å²) in [7, 11) is 1.89. The lowest BCUT2D eigenvalue weighted by atomic mass is 10.1. The van der Waals surface area contributed by atoms with Gasteiger partial charge in [0.25, 0.3) is 11.6 Å². The van der Waals surface area contributed by atoms with Crippen LogP contribution in [0, 0.1) is 10.1 Å². The molecule has 0 bridgehead atoms. The van der Waals surface area contributed by atoms with Crippen LogP contribution < -0.4 is 10.2 Å². The molecule has 0 radical (unpaired) electrons. The highest BCUT2D eigenvalue weighted by molar-refractivity contribution is 6.01. The van der Waals surface area contributed by atoms with Gasteiger partial charge >= 0.3 is 0 Å². The van der Waals surface area contributed by atoms with E-state index in [0.717, 1.165) is 11.3 Å². The fourth-order valence-electron chi connectivity index (χ4n) is 3.08. The van der Waals surface area contributed by atoms with E-state index in [2.05, 4.69) is 5.32 Å². The first-order valence-electron chi connectivity index (χ1n) is 8.02. The molecule has 4 rings (SSSR count). The number of amides is 1. The van der Waals surface area contributed by atoms with Crippen LogP contribution in [0.15, 0.2) is 65.1 Å². The minimum absolute atomic E-state index is 0.0245. The summed E-state index contributed by atoms with van der Waals surface area (Å²) < 4.78 is 5.92. The number of hydrogen-bond acceptors (Lipinski definition) is 5. The van der Waals surface area contributed by atoms with Crippen molar-refractivity contribution >= 4 is 17.3 Å². The molecule has 1 aliphatic heterocycles. The number of fused-ring (bicyclic) bond motifs is 1. The van der Waals surface area contributed by atoms with Crippen LogP contribution in [0.25, 0.3) is 11.3 Å². The molecule has 7 heteroatoms. The van der Waals surface area contributed by atoms with E-state index in [4.69, 9.17) is 4.42 Å². The Balaban J connectivity index is 1.64. The molecular formula is C19H15N3O4. The second kappa shape index (κ2) is 6.03. The molecule has 130 valence electrons. The number of nitro benzene ring substituents is 1. The van der Waals surface area contributed by atoms with Crippen molar-refractivity contribution in [3.8, 4) is 11.3 Å². The third kappa shape index (κ3) is 2.59. The Kier molecular flexibility index (Phi) is 3.69. The molecule has 1 aliphatic rings. The Morgan fingerprint density at radius 3 is 2.54 bits per heavy atom. The molecule has 0 saturated heterocycles. The van der Waals surface area contributed by atoms with E-state index in [-0.39, 0.29) is 11.6 Å². The Morgan fingerprint density at radius 1 is 1.08 bits per heavy atom. The van der Waals surface area contributed by atoms with Crippen molar-refractivity contribution in [2.75, 3.05) is 11.9 Å². The van der Waals surface area contributed by atoms with Crippen molar-refractivity contribution in [1.29, 1.82) is 0 Å². The summed E-state index contributed by atoms with van der Waals surface area (Å²) in [6, 6.07) is 17.1. The van der Waals surface area contributed by atoms with Crippen LogP contribution in [-0.4, -0.2) is 17.9 Å². The molecule has 1 unspecified atom stereocenters. The number of nitro groups is 1. The standard InChI is InChI=1S/C19H15N3O4/c1-21-15-5-3-2-4-14(15)19(23)20-18(21)17-11-10-16(26-17)12-6-8-13(9-7-12)22(24)25/h2-11,18H,1H3,(H,20,23). The van der Waals surface area contributed by atoms with Crippen molar-refractivity contribution in [3.63, 3.8) is 0 Å². The van der Waals surface area contributed by atoms with E-state index < -0.39 is 11.1 Å². The lowest BCUT2D eigenvalue weighted by Crippen LogP contribution is -2.44. The SMILES string of the molecule is CN1c2ccccc2C(=O)NC1c1ccc(-c2ccc([N+](=O)[O-])cc2)o1. The van der Waals surface area contributed by atoms with Crippen molar-refractivity contribution < 1.29 is 14.1 Å². The average molecular weight is 349 g/mol. The van der Waals surface area contributed by atoms with Crippen molar-refractivity contribution in [3.05, 3.63) is 82.1 Å².